The van der Waals surface area contributed by atoms with Crippen LogP contribution in [0.4, 0.5) is 4.79 Å². The number of urea groups is 1. The number of nitrogens with zero attached hydrogens (tertiary/aromatic N) is 2. The Kier molecular flexibility index (Phi) is 7.06. The van der Waals surface area contributed by atoms with E-state index in [1.54, 1.807) is 0 Å². The molecule has 1 fully saturated rings. The molecule has 134 valence electrons. The molecule has 2 atom stereocenters. The Bertz CT molecular complexity index is 499. The summed E-state index contributed by atoms with van der Waals surface area (Å²) in [6.45, 7) is 6.94. The maximum atomic E-state index is 12.3. The lowest BCUT2D eigenvalue weighted by atomic mass is 9.92. The average molecular weight is 333 g/mol. The topological polar surface area (TPSA) is 55.8 Å². The fraction of sp³-hybridized carbons (Fsp3) is 0.632. The smallest absolute Gasteiger partial charge is 0.317 e. The maximum absolute atomic E-state index is 12.3. The van der Waals surface area contributed by atoms with Crippen LogP contribution in [0.2, 0.25) is 0 Å². The zero-order valence-electron chi connectivity index (χ0n) is 15.1. The molecule has 5 heteroatoms. The van der Waals surface area contributed by atoms with Gasteiger partial charge < -0.3 is 15.3 Å². The highest BCUT2D eigenvalue weighted by atomic mass is 16.3. The Morgan fingerprint density at radius 2 is 1.92 bits per heavy atom. The normalized spacial score (nSPS) is 18.5. The number of aliphatic hydroxyl groups excluding tert-OH is 1. The fourth-order valence-electron chi connectivity index (χ4n) is 3.11. The number of rotatable bonds is 6. The summed E-state index contributed by atoms with van der Waals surface area (Å²) in [7, 11) is 2.08. The predicted octanol–water partition coefficient (Wildman–Crippen LogP) is 2.31. The summed E-state index contributed by atoms with van der Waals surface area (Å²) in [5.41, 5.74) is 1.28. The highest BCUT2D eigenvalue weighted by molar-refractivity contribution is 5.74. The number of likely N-dealkylation sites (tertiary alicyclic amines) is 1. The third kappa shape index (κ3) is 5.49. The Labute approximate surface area is 145 Å². The SMILES string of the molecule is CC(O)C1CCN(C(=O)NCC(C)N(C)Cc2ccccc2)CC1. The van der Waals surface area contributed by atoms with Crippen LogP contribution in [0.15, 0.2) is 30.3 Å². The molecule has 24 heavy (non-hydrogen) atoms. The summed E-state index contributed by atoms with van der Waals surface area (Å²) in [5.74, 6) is 0.324. The highest BCUT2D eigenvalue weighted by Gasteiger charge is 2.25. The van der Waals surface area contributed by atoms with E-state index in [2.05, 4.69) is 36.3 Å². The number of benzene rings is 1. The summed E-state index contributed by atoms with van der Waals surface area (Å²) >= 11 is 0. The van der Waals surface area contributed by atoms with Crippen molar-refractivity contribution in [2.45, 2.75) is 45.4 Å². The lowest BCUT2D eigenvalue weighted by Crippen LogP contribution is -2.48. The predicted molar refractivity (Wildman–Crippen MR) is 96.7 cm³/mol. The van der Waals surface area contributed by atoms with Gasteiger partial charge in [0.2, 0.25) is 0 Å². The molecule has 0 bridgehead atoms. The summed E-state index contributed by atoms with van der Waals surface area (Å²) in [6, 6.07) is 10.6. The van der Waals surface area contributed by atoms with Crippen molar-refractivity contribution in [1.29, 1.82) is 0 Å². The molecule has 1 aromatic carbocycles. The Balaban J connectivity index is 1.71. The number of hydrogen-bond acceptors (Lipinski definition) is 3. The first-order chi connectivity index (χ1) is 11.5. The van der Waals surface area contributed by atoms with E-state index in [9.17, 15) is 9.90 Å². The van der Waals surface area contributed by atoms with Crippen molar-refractivity contribution in [3.63, 3.8) is 0 Å². The molecule has 5 nitrogen and oxygen atoms in total. The highest BCUT2D eigenvalue weighted by Crippen LogP contribution is 2.20. The molecular formula is C19H31N3O2. The first-order valence-electron chi connectivity index (χ1n) is 8.92. The standard InChI is InChI=1S/C19H31N3O2/c1-15(21(3)14-17-7-5-4-6-8-17)13-20-19(24)22-11-9-18(10-12-22)16(2)23/h4-8,15-16,18,23H,9-14H2,1-3H3,(H,20,24). The largest absolute Gasteiger partial charge is 0.393 e. The van der Waals surface area contributed by atoms with Gasteiger partial charge in [-0.1, -0.05) is 30.3 Å². The number of nitrogens with one attached hydrogen (secondary N) is 1. The van der Waals surface area contributed by atoms with Crippen molar-refractivity contribution in [2.24, 2.45) is 5.92 Å². The van der Waals surface area contributed by atoms with Gasteiger partial charge in [-0.05, 0) is 45.2 Å². The molecule has 1 aromatic rings. The zero-order chi connectivity index (χ0) is 17.5. The molecule has 2 amide bonds. The van der Waals surface area contributed by atoms with Gasteiger partial charge in [-0.2, -0.15) is 0 Å². The van der Waals surface area contributed by atoms with E-state index in [4.69, 9.17) is 0 Å². The van der Waals surface area contributed by atoms with Crippen molar-refractivity contribution in [1.82, 2.24) is 15.1 Å². The molecular weight excluding hydrogens is 302 g/mol. The monoisotopic (exact) mass is 333 g/mol. The number of hydrogen-bond donors (Lipinski definition) is 2. The van der Waals surface area contributed by atoms with E-state index in [0.717, 1.165) is 32.5 Å². The number of carbonyl (C=O) groups excluding carboxylic acids is 1. The minimum absolute atomic E-state index is 0.0130. The van der Waals surface area contributed by atoms with Crippen LogP contribution < -0.4 is 5.32 Å². The summed E-state index contributed by atoms with van der Waals surface area (Å²) in [6.07, 6.45) is 1.49. The third-order valence-electron chi connectivity index (χ3n) is 5.08. The molecule has 2 rings (SSSR count). The molecule has 0 radical (unpaired) electrons. The van der Waals surface area contributed by atoms with Gasteiger partial charge in [0.05, 0.1) is 6.10 Å². The number of carbonyl (C=O) groups is 1. The summed E-state index contributed by atoms with van der Waals surface area (Å²) < 4.78 is 0. The van der Waals surface area contributed by atoms with Gasteiger partial charge in [0.15, 0.2) is 0 Å². The van der Waals surface area contributed by atoms with E-state index in [1.165, 1.54) is 5.56 Å². The van der Waals surface area contributed by atoms with Crippen LogP contribution in [0.25, 0.3) is 0 Å². The Morgan fingerprint density at radius 3 is 2.50 bits per heavy atom. The first kappa shape index (κ1) is 18.7. The Morgan fingerprint density at radius 1 is 1.29 bits per heavy atom. The van der Waals surface area contributed by atoms with Gasteiger partial charge in [-0.25, -0.2) is 4.79 Å². The van der Waals surface area contributed by atoms with Crippen LogP contribution in [-0.4, -0.2) is 59.8 Å². The number of amides is 2. The van der Waals surface area contributed by atoms with Gasteiger partial charge in [0.25, 0.3) is 0 Å². The van der Waals surface area contributed by atoms with E-state index < -0.39 is 0 Å². The van der Waals surface area contributed by atoms with E-state index >= 15 is 0 Å². The van der Waals surface area contributed by atoms with Crippen molar-refractivity contribution in [2.75, 3.05) is 26.7 Å². The molecule has 1 saturated heterocycles. The van der Waals surface area contributed by atoms with Gasteiger partial charge in [-0.3, -0.25) is 4.90 Å². The minimum atomic E-state index is -0.276. The third-order valence-corrected chi connectivity index (χ3v) is 5.08. The fourth-order valence-corrected chi connectivity index (χ4v) is 3.11. The van der Waals surface area contributed by atoms with Gasteiger partial charge >= 0.3 is 6.03 Å². The van der Waals surface area contributed by atoms with Crippen molar-refractivity contribution in [3.8, 4) is 0 Å². The second-order valence-electron chi connectivity index (χ2n) is 7.00. The lowest BCUT2D eigenvalue weighted by molar-refractivity contribution is 0.0794. The van der Waals surface area contributed by atoms with Crippen LogP contribution in [-0.2, 0) is 6.54 Å². The van der Waals surface area contributed by atoms with Crippen molar-refractivity contribution in [3.05, 3.63) is 35.9 Å². The molecule has 2 unspecified atom stereocenters. The number of likely N-dealkylation sites (N-methyl/N-ethyl adjacent to an activating group) is 1. The average Bonchev–Trinajstić information content (AvgIpc) is 2.60. The Hall–Kier alpha value is -1.59. The second kappa shape index (κ2) is 9.04. The van der Waals surface area contributed by atoms with E-state index in [0.29, 0.717) is 12.5 Å². The van der Waals surface area contributed by atoms with Crippen LogP contribution in [0, 0.1) is 5.92 Å². The zero-order valence-corrected chi connectivity index (χ0v) is 15.1. The number of aliphatic hydroxyl groups is 1. The lowest BCUT2D eigenvalue weighted by Gasteiger charge is -2.34. The number of piperidine rings is 1. The summed E-state index contributed by atoms with van der Waals surface area (Å²) in [4.78, 5) is 16.4. The van der Waals surface area contributed by atoms with Crippen LogP contribution >= 0.6 is 0 Å². The molecule has 0 saturated carbocycles. The van der Waals surface area contributed by atoms with E-state index in [1.807, 2.05) is 30.0 Å². The molecule has 0 aromatic heterocycles. The van der Waals surface area contributed by atoms with Gasteiger partial charge in [-0.15, -0.1) is 0 Å². The maximum Gasteiger partial charge on any atom is 0.317 e. The quantitative estimate of drug-likeness (QED) is 0.840. The van der Waals surface area contributed by atoms with Crippen LogP contribution in [0.3, 0.4) is 0 Å². The van der Waals surface area contributed by atoms with Crippen molar-refractivity contribution >= 4 is 6.03 Å². The summed E-state index contributed by atoms with van der Waals surface area (Å²) in [5, 5.41) is 12.7. The molecule has 1 heterocycles. The van der Waals surface area contributed by atoms with Gasteiger partial charge in [0, 0.05) is 32.2 Å². The first-order valence-corrected chi connectivity index (χ1v) is 8.92. The van der Waals surface area contributed by atoms with E-state index in [-0.39, 0.29) is 18.2 Å². The molecule has 0 aliphatic carbocycles. The van der Waals surface area contributed by atoms with Crippen molar-refractivity contribution < 1.29 is 9.90 Å². The molecule has 2 N–H and O–H groups in total. The molecule has 1 aliphatic heterocycles. The van der Waals surface area contributed by atoms with Gasteiger partial charge in [0.1, 0.15) is 0 Å². The molecule has 0 spiro atoms. The molecule has 1 aliphatic rings. The minimum Gasteiger partial charge on any atom is -0.393 e. The van der Waals surface area contributed by atoms with Crippen LogP contribution in [0.5, 0.6) is 0 Å². The second-order valence-corrected chi connectivity index (χ2v) is 7.00. The van der Waals surface area contributed by atoms with Crippen LogP contribution in [0.1, 0.15) is 32.3 Å².